The lowest BCUT2D eigenvalue weighted by molar-refractivity contribution is 0.0249. The first-order valence-corrected chi connectivity index (χ1v) is 5.82. The molecule has 1 aliphatic rings. The van der Waals surface area contributed by atoms with Crippen molar-refractivity contribution in [1.29, 1.82) is 0 Å². The van der Waals surface area contributed by atoms with Crippen LogP contribution in [0, 0.1) is 5.92 Å². The number of aliphatic hydroxyl groups excluding tert-OH is 1. The van der Waals surface area contributed by atoms with Crippen molar-refractivity contribution in [2.24, 2.45) is 5.92 Å². The van der Waals surface area contributed by atoms with Crippen molar-refractivity contribution in [1.82, 2.24) is 0 Å². The Hall–Kier alpha value is -1.26. The highest BCUT2D eigenvalue weighted by Crippen LogP contribution is 2.34. The van der Waals surface area contributed by atoms with Crippen LogP contribution >= 0.6 is 0 Å². The summed E-state index contributed by atoms with van der Waals surface area (Å²) in [5, 5.41) is 9.94. The van der Waals surface area contributed by atoms with Crippen LogP contribution in [0.15, 0.2) is 18.2 Å². The summed E-state index contributed by atoms with van der Waals surface area (Å²) in [5.74, 6) is 1.88. The summed E-state index contributed by atoms with van der Waals surface area (Å²) in [6.45, 7) is 5.36. The lowest BCUT2D eigenvalue weighted by Gasteiger charge is -2.13. The van der Waals surface area contributed by atoms with Gasteiger partial charge in [0, 0.05) is 6.61 Å². The Morgan fingerprint density at radius 3 is 2.76 bits per heavy atom. The maximum atomic E-state index is 9.94. The molecule has 0 aliphatic carbocycles. The van der Waals surface area contributed by atoms with E-state index in [4.69, 9.17) is 14.2 Å². The first kappa shape index (κ1) is 12.2. The predicted molar refractivity (Wildman–Crippen MR) is 63.2 cm³/mol. The smallest absolute Gasteiger partial charge is 0.231 e. The van der Waals surface area contributed by atoms with Crippen LogP contribution in [0.3, 0.4) is 0 Å². The van der Waals surface area contributed by atoms with Crippen molar-refractivity contribution in [3.8, 4) is 11.5 Å². The van der Waals surface area contributed by atoms with Gasteiger partial charge in [-0.25, -0.2) is 0 Å². The molecule has 1 aliphatic heterocycles. The third-order valence-corrected chi connectivity index (χ3v) is 2.51. The van der Waals surface area contributed by atoms with E-state index >= 15 is 0 Å². The fourth-order valence-electron chi connectivity index (χ4n) is 1.63. The Labute approximate surface area is 101 Å². The zero-order valence-corrected chi connectivity index (χ0v) is 10.2. The normalized spacial score (nSPS) is 15.3. The van der Waals surface area contributed by atoms with Gasteiger partial charge in [-0.15, -0.1) is 0 Å². The minimum atomic E-state index is -0.622. The Morgan fingerprint density at radius 1 is 1.24 bits per heavy atom. The summed E-state index contributed by atoms with van der Waals surface area (Å²) < 4.78 is 15.9. The SMILES string of the molecule is CC(C)COCC(O)c1ccc2c(c1)OCO2. The Balaban J connectivity index is 1.92. The van der Waals surface area contributed by atoms with Crippen molar-refractivity contribution in [3.05, 3.63) is 23.8 Å². The average molecular weight is 238 g/mol. The van der Waals surface area contributed by atoms with Crippen molar-refractivity contribution in [3.63, 3.8) is 0 Å². The molecule has 1 aromatic rings. The minimum Gasteiger partial charge on any atom is -0.454 e. The number of rotatable bonds is 5. The minimum absolute atomic E-state index is 0.249. The van der Waals surface area contributed by atoms with Gasteiger partial charge in [-0.05, 0) is 23.6 Å². The molecule has 0 saturated heterocycles. The van der Waals surface area contributed by atoms with Gasteiger partial charge in [-0.3, -0.25) is 0 Å². The van der Waals surface area contributed by atoms with Crippen LogP contribution in [-0.2, 0) is 4.74 Å². The molecule has 0 radical (unpaired) electrons. The lowest BCUT2D eigenvalue weighted by Crippen LogP contribution is -2.10. The Bertz CT molecular complexity index is 376. The number of ether oxygens (including phenoxy) is 3. The standard InChI is InChI=1S/C13H18O4/c1-9(2)6-15-7-11(14)10-3-4-12-13(5-10)17-8-16-12/h3-5,9,11,14H,6-8H2,1-2H3. The fourth-order valence-corrected chi connectivity index (χ4v) is 1.63. The second kappa shape index (κ2) is 5.38. The Kier molecular flexibility index (Phi) is 3.86. The topological polar surface area (TPSA) is 47.9 Å². The molecule has 17 heavy (non-hydrogen) atoms. The molecule has 94 valence electrons. The first-order chi connectivity index (χ1) is 8.16. The molecule has 1 atom stereocenters. The summed E-state index contributed by atoms with van der Waals surface area (Å²) in [6.07, 6.45) is -0.622. The van der Waals surface area contributed by atoms with Gasteiger partial charge >= 0.3 is 0 Å². The maximum Gasteiger partial charge on any atom is 0.231 e. The van der Waals surface area contributed by atoms with Gasteiger partial charge in [0.05, 0.1) is 6.61 Å². The molecule has 1 unspecified atom stereocenters. The highest BCUT2D eigenvalue weighted by atomic mass is 16.7. The Morgan fingerprint density at radius 2 is 2.00 bits per heavy atom. The fraction of sp³-hybridized carbons (Fsp3) is 0.538. The monoisotopic (exact) mass is 238 g/mol. The van der Waals surface area contributed by atoms with E-state index in [-0.39, 0.29) is 6.79 Å². The van der Waals surface area contributed by atoms with Crippen LogP contribution in [0.2, 0.25) is 0 Å². The summed E-state index contributed by atoms with van der Waals surface area (Å²) in [6, 6.07) is 5.44. The van der Waals surface area contributed by atoms with Gasteiger partial charge in [0.15, 0.2) is 11.5 Å². The first-order valence-electron chi connectivity index (χ1n) is 5.82. The van der Waals surface area contributed by atoms with E-state index in [0.717, 1.165) is 11.3 Å². The van der Waals surface area contributed by atoms with Crippen molar-refractivity contribution >= 4 is 0 Å². The largest absolute Gasteiger partial charge is 0.454 e. The molecule has 1 N–H and O–H groups in total. The molecule has 0 spiro atoms. The van der Waals surface area contributed by atoms with Crippen LogP contribution in [-0.4, -0.2) is 25.1 Å². The molecule has 0 aromatic heterocycles. The number of benzene rings is 1. The molecule has 1 aromatic carbocycles. The molecular weight excluding hydrogens is 220 g/mol. The second-order valence-corrected chi connectivity index (χ2v) is 4.56. The molecule has 4 heteroatoms. The molecule has 0 saturated carbocycles. The van der Waals surface area contributed by atoms with E-state index in [1.165, 1.54) is 0 Å². The second-order valence-electron chi connectivity index (χ2n) is 4.56. The van der Waals surface area contributed by atoms with Crippen molar-refractivity contribution in [2.75, 3.05) is 20.0 Å². The zero-order chi connectivity index (χ0) is 12.3. The lowest BCUT2D eigenvalue weighted by atomic mass is 10.1. The molecule has 0 fully saturated rings. The van der Waals surface area contributed by atoms with E-state index in [2.05, 4.69) is 13.8 Å². The van der Waals surface area contributed by atoms with Gasteiger partial charge in [0.1, 0.15) is 6.10 Å². The molecule has 2 rings (SSSR count). The van der Waals surface area contributed by atoms with E-state index in [1.54, 1.807) is 6.07 Å². The molecule has 4 nitrogen and oxygen atoms in total. The van der Waals surface area contributed by atoms with Crippen molar-refractivity contribution in [2.45, 2.75) is 20.0 Å². The summed E-state index contributed by atoms with van der Waals surface area (Å²) >= 11 is 0. The van der Waals surface area contributed by atoms with Crippen LogP contribution in [0.4, 0.5) is 0 Å². The number of fused-ring (bicyclic) bond motifs is 1. The number of hydrogen-bond acceptors (Lipinski definition) is 4. The van der Waals surface area contributed by atoms with Crippen LogP contribution in [0.25, 0.3) is 0 Å². The highest BCUT2D eigenvalue weighted by molar-refractivity contribution is 5.45. The molecular formula is C13H18O4. The summed E-state index contributed by atoms with van der Waals surface area (Å²) in [5.41, 5.74) is 0.790. The van der Waals surface area contributed by atoms with Gasteiger partial charge in [-0.2, -0.15) is 0 Å². The predicted octanol–water partition coefficient (Wildman–Crippen LogP) is 2.12. The van der Waals surface area contributed by atoms with Gasteiger partial charge in [-0.1, -0.05) is 19.9 Å². The molecule has 0 amide bonds. The molecule has 1 heterocycles. The molecule has 0 bridgehead atoms. The van der Waals surface area contributed by atoms with E-state index < -0.39 is 6.10 Å². The zero-order valence-electron chi connectivity index (χ0n) is 10.2. The van der Waals surface area contributed by atoms with E-state index in [1.807, 2.05) is 12.1 Å². The number of hydrogen-bond donors (Lipinski definition) is 1. The third-order valence-electron chi connectivity index (χ3n) is 2.51. The van der Waals surface area contributed by atoms with Crippen molar-refractivity contribution < 1.29 is 19.3 Å². The van der Waals surface area contributed by atoms with Crippen LogP contribution in [0.1, 0.15) is 25.5 Å². The van der Waals surface area contributed by atoms with Gasteiger partial charge < -0.3 is 19.3 Å². The summed E-state index contributed by atoms with van der Waals surface area (Å²) in [4.78, 5) is 0. The van der Waals surface area contributed by atoms with Crippen LogP contribution in [0.5, 0.6) is 11.5 Å². The average Bonchev–Trinajstić information content (AvgIpc) is 2.75. The van der Waals surface area contributed by atoms with E-state index in [0.29, 0.717) is 24.9 Å². The third kappa shape index (κ3) is 3.11. The maximum absolute atomic E-state index is 9.94. The van der Waals surface area contributed by atoms with Gasteiger partial charge in [0.25, 0.3) is 0 Å². The van der Waals surface area contributed by atoms with E-state index in [9.17, 15) is 5.11 Å². The highest BCUT2D eigenvalue weighted by Gasteiger charge is 2.16. The van der Waals surface area contributed by atoms with Gasteiger partial charge in [0.2, 0.25) is 6.79 Å². The van der Waals surface area contributed by atoms with Crippen LogP contribution < -0.4 is 9.47 Å². The summed E-state index contributed by atoms with van der Waals surface area (Å²) in [7, 11) is 0. The number of aliphatic hydroxyl groups is 1. The quantitative estimate of drug-likeness (QED) is 0.853.